The molecule has 1 atom stereocenters. The number of carbonyl (C=O) groups excluding carboxylic acids is 2. The van der Waals surface area contributed by atoms with E-state index in [0.717, 1.165) is 16.7 Å². The lowest BCUT2D eigenvalue weighted by molar-refractivity contribution is -0.166. The molecule has 37 heavy (non-hydrogen) atoms. The molecule has 3 rings (SSSR count). The summed E-state index contributed by atoms with van der Waals surface area (Å²) in [6.07, 6.45) is 0.851. The first-order valence-electron chi connectivity index (χ1n) is 12.5. The summed E-state index contributed by atoms with van der Waals surface area (Å²) in [5.41, 5.74) is 3.40. The number of benzene rings is 2. The minimum absolute atomic E-state index is 0.118. The van der Waals surface area contributed by atoms with Gasteiger partial charge in [-0.3, -0.25) is 4.79 Å². The highest BCUT2D eigenvalue weighted by Gasteiger charge is 2.45. The van der Waals surface area contributed by atoms with Gasteiger partial charge in [0.1, 0.15) is 12.4 Å². The number of carbonyl (C=O) groups is 2. The van der Waals surface area contributed by atoms with Gasteiger partial charge in [-0.25, -0.2) is 4.79 Å². The first-order chi connectivity index (χ1) is 17.5. The summed E-state index contributed by atoms with van der Waals surface area (Å²) in [6.45, 7) is 9.95. The predicted molar refractivity (Wildman–Crippen MR) is 142 cm³/mol. The molecule has 1 aliphatic rings. The van der Waals surface area contributed by atoms with Crippen LogP contribution in [0.3, 0.4) is 0 Å². The molecule has 2 aromatic carbocycles. The monoisotopic (exact) mass is 504 g/mol. The fourth-order valence-electron chi connectivity index (χ4n) is 3.81. The molecule has 2 aromatic rings. The number of cyclic esters (lactones) is 1. The van der Waals surface area contributed by atoms with Crippen LogP contribution in [0.4, 0.5) is 0 Å². The van der Waals surface area contributed by atoms with Crippen LogP contribution in [0.25, 0.3) is 0 Å². The van der Waals surface area contributed by atoms with Crippen molar-refractivity contribution in [2.45, 2.75) is 64.9 Å². The lowest BCUT2D eigenvalue weighted by Crippen LogP contribution is -2.39. The minimum Gasteiger partial charge on any atom is -0.494 e. The molecule has 1 fully saturated rings. The first-order valence-corrected chi connectivity index (χ1v) is 12.5. The number of aliphatic hydroxyl groups excluding tert-OH is 1. The van der Waals surface area contributed by atoms with Crippen LogP contribution in [-0.2, 0) is 24.5 Å². The van der Waals surface area contributed by atoms with E-state index in [9.17, 15) is 14.7 Å². The zero-order valence-electron chi connectivity index (χ0n) is 22.3. The van der Waals surface area contributed by atoms with E-state index in [1.165, 1.54) is 5.56 Å². The Kier molecular flexibility index (Phi) is 9.18. The SMILES string of the molecule is CC(C)=C1C[C@](CO)(COC(=O)CCCOc2ccc(C#Cc3ccc(C(C)(C)C)cc3)cc2)OC1=O. The summed E-state index contributed by atoms with van der Waals surface area (Å²) in [5, 5.41) is 9.72. The Bertz CT molecular complexity index is 1190. The van der Waals surface area contributed by atoms with Gasteiger partial charge in [0.15, 0.2) is 5.60 Å². The highest BCUT2D eigenvalue weighted by atomic mass is 16.6. The Hall–Kier alpha value is -3.56. The first kappa shape index (κ1) is 28.0. The van der Waals surface area contributed by atoms with Gasteiger partial charge < -0.3 is 19.3 Å². The Morgan fingerprint density at radius 1 is 1.03 bits per heavy atom. The summed E-state index contributed by atoms with van der Waals surface area (Å²) in [6, 6.07) is 15.8. The molecule has 0 aromatic heterocycles. The third-order valence-corrected chi connectivity index (χ3v) is 6.19. The smallest absolute Gasteiger partial charge is 0.334 e. The molecule has 1 N–H and O–H groups in total. The van der Waals surface area contributed by atoms with E-state index in [1.807, 2.05) is 50.2 Å². The quantitative estimate of drug-likeness (QED) is 0.233. The van der Waals surface area contributed by atoms with Crippen LogP contribution in [0, 0.1) is 11.8 Å². The zero-order valence-corrected chi connectivity index (χ0v) is 22.3. The zero-order chi connectivity index (χ0) is 27.1. The minimum atomic E-state index is -1.20. The van der Waals surface area contributed by atoms with Crippen molar-refractivity contribution >= 4 is 11.9 Å². The molecule has 0 saturated carbocycles. The fraction of sp³-hybridized carbons (Fsp3) is 0.419. The highest BCUT2D eigenvalue weighted by molar-refractivity contribution is 5.92. The molecule has 196 valence electrons. The molecule has 6 heteroatoms. The van der Waals surface area contributed by atoms with Crippen LogP contribution < -0.4 is 4.74 Å². The van der Waals surface area contributed by atoms with Gasteiger partial charge in [0.05, 0.1) is 13.2 Å². The van der Waals surface area contributed by atoms with Gasteiger partial charge in [0, 0.05) is 29.5 Å². The molecular weight excluding hydrogens is 468 g/mol. The maximum Gasteiger partial charge on any atom is 0.334 e. The van der Waals surface area contributed by atoms with Crippen LogP contribution in [0.5, 0.6) is 5.75 Å². The Balaban J connectivity index is 1.40. The summed E-state index contributed by atoms with van der Waals surface area (Å²) in [4.78, 5) is 24.1. The van der Waals surface area contributed by atoms with Gasteiger partial charge >= 0.3 is 11.9 Å². The van der Waals surface area contributed by atoms with Crippen molar-refractivity contribution < 1.29 is 28.9 Å². The molecule has 0 radical (unpaired) electrons. The molecule has 0 unspecified atom stereocenters. The number of esters is 2. The highest BCUT2D eigenvalue weighted by Crippen LogP contribution is 2.33. The summed E-state index contributed by atoms with van der Waals surface area (Å²) < 4.78 is 16.3. The van der Waals surface area contributed by atoms with Crippen molar-refractivity contribution in [3.05, 3.63) is 76.4 Å². The third-order valence-electron chi connectivity index (χ3n) is 6.19. The van der Waals surface area contributed by atoms with Crippen molar-refractivity contribution in [3.8, 4) is 17.6 Å². The predicted octanol–water partition coefficient (Wildman–Crippen LogP) is 5.10. The second-order valence-electron chi connectivity index (χ2n) is 10.6. The van der Waals surface area contributed by atoms with Gasteiger partial charge in [-0.1, -0.05) is 50.3 Å². The molecule has 0 spiro atoms. The van der Waals surface area contributed by atoms with E-state index in [4.69, 9.17) is 14.2 Å². The van der Waals surface area contributed by atoms with Gasteiger partial charge in [-0.15, -0.1) is 0 Å². The summed E-state index contributed by atoms with van der Waals surface area (Å²) >= 11 is 0. The summed E-state index contributed by atoms with van der Waals surface area (Å²) in [7, 11) is 0. The Morgan fingerprint density at radius 3 is 2.14 bits per heavy atom. The van der Waals surface area contributed by atoms with Crippen LogP contribution in [0.15, 0.2) is 59.7 Å². The van der Waals surface area contributed by atoms with Crippen molar-refractivity contribution in [2.24, 2.45) is 0 Å². The average Bonchev–Trinajstić information content (AvgIpc) is 3.22. The lowest BCUT2D eigenvalue weighted by atomic mass is 9.87. The van der Waals surface area contributed by atoms with Gasteiger partial charge in [0.2, 0.25) is 0 Å². The van der Waals surface area contributed by atoms with E-state index in [2.05, 4.69) is 44.7 Å². The molecule has 0 aliphatic carbocycles. The molecule has 0 amide bonds. The molecule has 6 nitrogen and oxygen atoms in total. The maximum absolute atomic E-state index is 12.1. The van der Waals surface area contributed by atoms with Crippen molar-refractivity contribution in [1.82, 2.24) is 0 Å². The second kappa shape index (κ2) is 12.1. The van der Waals surface area contributed by atoms with E-state index < -0.39 is 24.1 Å². The van der Waals surface area contributed by atoms with Crippen molar-refractivity contribution in [3.63, 3.8) is 0 Å². The van der Waals surface area contributed by atoms with Crippen molar-refractivity contribution in [2.75, 3.05) is 19.8 Å². The van der Waals surface area contributed by atoms with Crippen LogP contribution >= 0.6 is 0 Å². The lowest BCUT2D eigenvalue weighted by Gasteiger charge is -2.24. The summed E-state index contributed by atoms with van der Waals surface area (Å²) in [5.74, 6) is 6.15. The van der Waals surface area contributed by atoms with E-state index in [0.29, 0.717) is 24.4 Å². The van der Waals surface area contributed by atoms with Crippen LogP contribution in [0.2, 0.25) is 0 Å². The van der Waals surface area contributed by atoms with E-state index in [-0.39, 0.29) is 24.9 Å². The standard InChI is InChI=1S/C31H36O6/c1-22(2)27-19-31(20-32,37-29(27)34)21-36-28(33)7-6-18-35-26-16-12-24(13-17-26)9-8-23-10-14-25(15-11-23)30(3,4)5/h10-17,32H,6-7,18-21H2,1-5H3/t31-/m0/s1. The number of ether oxygens (including phenoxy) is 3. The molecular formula is C31H36O6. The normalized spacial score (nSPS) is 17.0. The van der Waals surface area contributed by atoms with Crippen LogP contribution in [0.1, 0.15) is 70.6 Å². The Morgan fingerprint density at radius 2 is 1.62 bits per heavy atom. The topological polar surface area (TPSA) is 82.1 Å². The van der Waals surface area contributed by atoms with Gasteiger partial charge in [-0.05, 0) is 67.6 Å². The number of hydrogen-bond acceptors (Lipinski definition) is 6. The number of hydrogen-bond donors (Lipinski definition) is 1. The van der Waals surface area contributed by atoms with E-state index in [1.54, 1.807) is 0 Å². The molecule has 1 saturated heterocycles. The van der Waals surface area contributed by atoms with E-state index >= 15 is 0 Å². The fourth-order valence-corrected chi connectivity index (χ4v) is 3.81. The molecule has 1 aliphatic heterocycles. The largest absolute Gasteiger partial charge is 0.494 e. The number of aliphatic hydroxyl groups is 1. The van der Waals surface area contributed by atoms with Crippen molar-refractivity contribution in [1.29, 1.82) is 0 Å². The number of rotatable bonds is 8. The third kappa shape index (κ3) is 7.96. The second-order valence-corrected chi connectivity index (χ2v) is 10.6. The average molecular weight is 505 g/mol. The Labute approximate surface area is 219 Å². The van der Waals surface area contributed by atoms with Gasteiger partial charge in [-0.2, -0.15) is 0 Å². The molecule has 0 bridgehead atoms. The number of allylic oxidation sites excluding steroid dienone is 1. The van der Waals surface area contributed by atoms with Crippen LogP contribution in [-0.4, -0.2) is 42.5 Å². The maximum atomic E-state index is 12.1. The van der Waals surface area contributed by atoms with Gasteiger partial charge in [0.25, 0.3) is 0 Å². The molecule has 1 heterocycles.